The number of fused-ring (bicyclic) bond motifs is 1. The van der Waals surface area contributed by atoms with E-state index in [0.29, 0.717) is 12.2 Å². The number of benzene rings is 3. The molecular weight excluding hydrogens is 420 g/mol. The number of ether oxygens (including phenoxy) is 1. The molecule has 0 saturated heterocycles. The number of carbonyl (C=O) groups excluding carboxylic acids is 4. The number of nitrogens with one attached hydrogen (secondary N) is 1. The van der Waals surface area contributed by atoms with E-state index in [9.17, 15) is 19.2 Å². The van der Waals surface area contributed by atoms with Gasteiger partial charge in [-0.1, -0.05) is 42.5 Å². The van der Waals surface area contributed by atoms with Gasteiger partial charge in [-0.25, -0.2) is 9.69 Å². The molecule has 0 bridgehead atoms. The number of esters is 1. The number of rotatable bonds is 6. The molecule has 1 aliphatic heterocycles. The Morgan fingerprint density at radius 1 is 0.848 bits per heavy atom. The second-order valence-corrected chi connectivity index (χ2v) is 7.77. The summed E-state index contributed by atoms with van der Waals surface area (Å²) in [6.45, 7) is 3.63. The molecule has 1 N–H and O–H groups in total. The zero-order valence-electron chi connectivity index (χ0n) is 18.3. The molecule has 0 saturated carbocycles. The van der Waals surface area contributed by atoms with E-state index < -0.39 is 30.3 Å². The van der Waals surface area contributed by atoms with Crippen LogP contribution in [0.4, 0.5) is 5.69 Å². The molecular formula is C26H22N2O5. The van der Waals surface area contributed by atoms with Crippen molar-refractivity contribution in [1.82, 2.24) is 5.32 Å². The standard InChI is InChI=1S/C26H22N2O5/c1-16-7-3-5-9-19(16)14-27-23(29)15-33-26(32)18-11-12-20-21(13-18)25(31)28(24(20)30)22-10-6-4-8-17(22)2/h3-13H,14-15H2,1-2H3,(H,27,29). The maximum absolute atomic E-state index is 12.9. The van der Waals surface area contributed by atoms with E-state index in [1.165, 1.54) is 18.2 Å². The highest BCUT2D eigenvalue weighted by Gasteiger charge is 2.37. The number of aryl methyl sites for hydroxylation is 2. The van der Waals surface area contributed by atoms with Crippen molar-refractivity contribution in [2.45, 2.75) is 20.4 Å². The van der Waals surface area contributed by atoms with Crippen molar-refractivity contribution in [2.75, 3.05) is 11.5 Å². The number of anilines is 1. The molecule has 0 aromatic heterocycles. The first kappa shape index (κ1) is 22.0. The Bertz CT molecular complexity index is 1280. The number of nitrogens with zero attached hydrogens (tertiary/aromatic N) is 1. The van der Waals surface area contributed by atoms with Crippen LogP contribution in [0.25, 0.3) is 0 Å². The minimum Gasteiger partial charge on any atom is -0.452 e. The number of carbonyl (C=O) groups is 4. The molecule has 0 unspecified atom stereocenters. The predicted molar refractivity (Wildman–Crippen MR) is 122 cm³/mol. The van der Waals surface area contributed by atoms with Gasteiger partial charge in [0.15, 0.2) is 6.61 Å². The third kappa shape index (κ3) is 4.39. The van der Waals surface area contributed by atoms with Crippen LogP contribution in [0.15, 0.2) is 66.7 Å². The molecule has 0 spiro atoms. The monoisotopic (exact) mass is 442 g/mol. The molecule has 3 amide bonds. The summed E-state index contributed by atoms with van der Waals surface area (Å²) >= 11 is 0. The highest BCUT2D eigenvalue weighted by Crippen LogP contribution is 2.31. The minimum absolute atomic E-state index is 0.0910. The molecule has 1 aliphatic rings. The van der Waals surface area contributed by atoms with E-state index in [-0.39, 0.29) is 16.7 Å². The van der Waals surface area contributed by atoms with E-state index in [1.54, 1.807) is 12.1 Å². The minimum atomic E-state index is -0.751. The van der Waals surface area contributed by atoms with E-state index >= 15 is 0 Å². The van der Waals surface area contributed by atoms with Crippen molar-refractivity contribution < 1.29 is 23.9 Å². The van der Waals surface area contributed by atoms with Crippen LogP contribution in [0, 0.1) is 13.8 Å². The Labute approximate surface area is 191 Å². The summed E-state index contributed by atoms with van der Waals surface area (Å²) in [6.07, 6.45) is 0. The molecule has 3 aromatic carbocycles. The number of hydrogen-bond donors (Lipinski definition) is 1. The molecule has 0 radical (unpaired) electrons. The predicted octanol–water partition coefficient (Wildman–Crippen LogP) is 3.58. The van der Waals surface area contributed by atoms with Gasteiger partial charge in [0.05, 0.1) is 22.4 Å². The second-order valence-electron chi connectivity index (χ2n) is 7.77. The van der Waals surface area contributed by atoms with Crippen molar-refractivity contribution >= 4 is 29.4 Å². The SMILES string of the molecule is Cc1ccccc1CNC(=O)COC(=O)c1ccc2c(c1)C(=O)N(c1ccccc1C)C2=O. The lowest BCUT2D eigenvalue weighted by atomic mass is 10.1. The lowest BCUT2D eigenvalue weighted by Crippen LogP contribution is -2.30. The molecule has 7 nitrogen and oxygen atoms in total. The molecule has 33 heavy (non-hydrogen) atoms. The number of para-hydroxylation sites is 1. The number of hydrogen-bond acceptors (Lipinski definition) is 5. The van der Waals surface area contributed by atoms with Crippen LogP contribution in [0.5, 0.6) is 0 Å². The number of amides is 3. The van der Waals surface area contributed by atoms with Crippen LogP contribution < -0.4 is 10.2 Å². The van der Waals surface area contributed by atoms with E-state index in [1.807, 2.05) is 50.2 Å². The van der Waals surface area contributed by atoms with Crippen LogP contribution >= 0.6 is 0 Å². The van der Waals surface area contributed by atoms with Crippen LogP contribution in [0.3, 0.4) is 0 Å². The Balaban J connectivity index is 1.41. The molecule has 3 aromatic rings. The lowest BCUT2D eigenvalue weighted by Gasteiger charge is -2.16. The summed E-state index contributed by atoms with van der Waals surface area (Å²) in [6, 6.07) is 18.9. The van der Waals surface area contributed by atoms with Gasteiger partial charge in [-0.15, -0.1) is 0 Å². The topological polar surface area (TPSA) is 92.8 Å². The van der Waals surface area contributed by atoms with Gasteiger partial charge in [-0.2, -0.15) is 0 Å². The molecule has 0 atom stereocenters. The van der Waals surface area contributed by atoms with Gasteiger partial charge in [0.25, 0.3) is 17.7 Å². The third-order valence-electron chi connectivity index (χ3n) is 5.55. The Morgan fingerprint density at radius 3 is 2.24 bits per heavy atom. The molecule has 166 valence electrons. The van der Waals surface area contributed by atoms with Crippen LogP contribution in [-0.4, -0.2) is 30.3 Å². The summed E-state index contributed by atoms with van der Waals surface area (Å²) in [5, 5.41) is 2.71. The van der Waals surface area contributed by atoms with E-state index in [0.717, 1.165) is 21.6 Å². The first-order chi connectivity index (χ1) is 15.9. The van der Waals surface area contributed by atoms with Crippen molar-refractivity contribution in [3.05, 3.63) is 100 Å². The fraction of sp³-hybridized carbons (Fsp3) is 0.154. The van der Waals surface area contributed by atoms with E-state index in [2.05, 4.69) is 5.32 Å². The van der Waals surface area contributed by atoms with Gasteiger partial charge in [-0.05, 0) is 54.8 Å². The first-order valence-electron chi connectivity index (χ1n) is 10.4. The zero-order valence-corrected chi connectivity index (χ0v) is 18.3. The van der Waals surface area contributed by atoms with Crippen LogP contribution in [-0.2, 0) is 16.1 Å². The van der Waals surface area contributed by atoms with Gasteiger partial charge in [0.1, 0.15) is 0 Å². The normalized spacial score (nSPS) is 12.5. The highest BCUT2D eigenvalue weighted by atomic mass is 16.5. The molecule has 0 fully saturated rings. The fourth-order valence-electron chi connectivity index (χ4n) is 3.67. The Kier molecular flexibility index (Phi) is 6.04. The summed E-state index contributed by atoms with van der Waals surface area (Å²) < 4.78 is 5.10. The van der Waals surface area contributed by atoms with Crippen LogP contribution in [0.2, 0.25) is 0 Å². The maximum atomic E-state index is 12.9. The molecule has 0 aliphatic carbocycles. The zero-order chi connectivity index (χ0) is 23.5. The Hall–Kier alpha value is -4.26. The van der Waals surface area contributed by atoms with Gasteiger partial charge >= 0.3 is 5.97 Å². The molecule has 4 rings (SSSR count). The average molecular weight is 442 g/mol. The fourth-order valence-corrected chi connectivity index (χ4v) is 3.67. The smallest absolute Gasteiger partial charge is 0.338 e. The highest BCUT2D eigenvalue weighted by molar-refractivity contribution is 6.34. The van der Waals surface area contributed by atoms with Gasteiger partial charge in [0.2, 0.25) is 0 Å². The van der Waals surface area contributed by atoms with Crippen molar-refractivity contribution in [3.63, 3.8) is 0 Å². The van der Waals surface area contributed by atoms with Crippen LogP contribution in [0.1, 0.15) is 47.8 Å². The van der Waals surface area contributed by atoms with Crippen molar-refractivity contribution in [3.8, 4) is 0 Å². The third-order valence-corrected chi connectivity index (χ3v) is 5.55. The molecule has 1 heterocycles. The first-order valence-corrected chi connectivity index (χ1v) is 10.4. The van der Waals surface area contributed by atoms with Crippen molar-refractivity contribution in [1.29, 1.82) is 0 Å². The summed E-state index contributed by atoms with van der Waals surface area (Å²) in [5.74, 6) is -2.14. The van der Waals surface area contributed by atoms with Gasteiger partial charge in [0, 0.05) is 6.54 Å². The number of imide groups is 1. The summed E-state index contributed by atoms with van der Waals surface area (Å²) in [4.78, 5) is 51.4. The average Bonchev–Trinajstić information content (AvgIpc) is 3.06. The summed E-state index contributed by atoms with van der Waals surface area (Å²) in [7, 11) is 0. The quantitative estimate of drug-likeness (QED) is 0.465. The summed E-state index contributed by atoms with van der Waals surface area (Å²) in [5.41, 5.74) is 3.73. The van der Waals surface area contributed by atoms with E-state index in [4.69, 9.17) is 4.74 Å². The molecule has 7 heteroatoms. The largest absolute Gasteiger partial charge is 0.452 e. The lowest BCUT2D eigenvalue weighted by molar-refractivity contribution is -0.124. The van der Waals surface area contributed by atoms with Gasteiger partial charge in [-0.3, -0.25) is 14.4 Å². The maximum Gasteiger partial charge on any atom is 0.338 e. The second kappa shape index (κ2) is 9.08. The Morgan fingerprint density at radius 2 is 1.52 bits per heavy atom. The van der Waals surface area contributed by atoms with Crippen molar-refractivity contribution in [2.24, 2.45) is 0 Å². The van der Waals surface area contributed by atoms with Gasteiger partial charge < -0.3 is 10.1 Å².